The molecule has 4 nitrogen and oxygen atoms in total. The number of ether oxygens (including phenoxy) is 1. The van der Waals surface area contributed by atoms with Crippen LogP contribution in [0.3, 0.4) is 0 Å². The number of carbonyl (C=O) groups excluding carboxylic acids is 1. The van der Waals surface area contributed by atoms with Crippen molar-refractivity contribution in [2.75, 3.05) is 26.2 Å². The molecular formula is C13H26N2O2. The monoisotopic (exact) mass is 242 g/mol. The number of likely N-dealkylation sites (N-methyl/N-ethyl adjacent to an activating group) is 1. The van der Waals surface area contributed by atoms with Crippen LogP contribution < -0.4 is 0 Å². The number of nitrogens with zero attached hydrogens (tertiary/aromatic N) is 2. The predicted octanol–water partition coefficient (Wildman–Crippen LogP) is 2.34. The highest BCUT2D eigenvalue weighted by Gasteiger charge is 2.35. The van der Waals surface area contributed by atoms with Crippen molar-refractivity contribution in [3.63, 3.8) is 0 Å². The molecule has 0 spiro atoms. The Kier molecular flexibility index (Phi) is 4.80. The van der Waals surface area contributed by atoms with E-state index in [0.29, 0.717) is 6.04 Å². The van der Waals surface area contributed by atoms with Gasteiger partial charge in [0.1, 0.15) is 5.60 Å². The number of carbonyl (C=O) groups is 1. The van der Waals surface area contributed by atoms with Crippen LogP contribution >= 0.6 is 0 Å². The van der Waals surface area contributed by atoms with Crippen molar-refractivity contribution >= 4 is 6.09 Å². The van der Waals surface area contributed by atoms with E-state index in [1.54, 1.807) is 0 Å². The van der Waals surface area contributed by atoms with Gasteiger partial charge < -0.3 is 14.5 Å². The van der Waals surface area contributed by atoms with Crippen LogP contribution in [0, 0.1) is 0 Å². The second-order valence-corrected chi connectivity index (χ2v) is 5.60. The van der Waals surface area contributed by atoms with Gasteiger partial charge in [-0.15, -0.1) is 0 Å². The van der Waals surface area contributed by atoms with Crippen molar-refractivity contribution in [1.82, 2.24) is 9.80 Å². The standard InChI is InChI=1S/C13H26N2O2/c1-6-14(7-2)10-11-8-9-15(11)12(16)17-13(3,4)5/h11H,6-10H2,1-5H3/t11-/m1/s1. The average Bonchev–Trinajstić information content (AvgIpc) is 2.14. The molecule has 1 amide bonds. The van der Waals surface area contributed by atoms with Crippen LogP contribution in [-0.4, -0.2) is 53.7 Å². The molecule has 0 saturated carbocycles. The quantitative estimate of drug-likeness (QED) is 0.758. The molecule has 0 aromatic heterocycles. The van der Waals surface area contributed by atoms with Gasteiger partial charge in [0, 0.05) is 19.1 Å². The van der Waals surface area contributed by atoms with E-state index in [0.717, 1.165) is 32.6 Å². The zero-order chi connectivity index (χ0) is 13.1. The highest BCUT2D eigenvalue weighted by Crippen LogP contribution is 2.21. The third kappa shape index (κ3) is 4.19. The lowest BCUT2D eigenvalue weighted by Gasteiger charge is -2.43. The molecule has 0 aliphatic carbocycles. The molecule has 1 saturated heterocycles. The summed E-state index contributed by atoms with van der Waals surface area (Å²) in [6.07, 6.45) is 0.927. The first-order valence-electron chi connectivity index (χ1n) is 6.59. The lowest BCUT2D eigenvalue weighted by atomic mass is 10.0. The summed E-state index contributed by atoms with van der Waals surface area (Å²) in [6.45, 7) is 13.9. The van der Waals surface area contributed by atoms with E-state index in [9.17, 15) is 4.79 Å². The average molecular weight is 242 g/mol. The van der Waals surface area contributed by atoms with Crippen LogP contribution in [0.1, 0.15) is 41.0 Å². The van der Waals surface area contributed by atoms with Crippen molar-refractivity contribution in [3.05, 3.63) is 0 Å². The van der Waals surface area contributed by atoms with Crippen molar-refractivity contribution in [3.8, 4) is 0 Å². The lowest BCUT2D eigenvalue weighted by Crippen LogP contribution is -2.56. The van der Waals surface area contributed by atoms with Gasteiger partial charge in [0.15, 0.2) is 0 Å². The fraction of sp³-hybridized carbons (Fsp3) is 0.923. The first-order chi connectivity index (χ1) is 7.87. The summed E-state index contributed by atoms with van der Waals surface area (Å²) in [7, 11) is 0. The van der Waals surface area contributed by atoms with Crippen LogP contribution in [0.15, 0.2) is 0 Å². The Labute approximate surface area is 105 Å². The Morgan fingerprint density at radius 1 is 1.35 bits per heavy atom. The molecule has 1 aliphatic heterocycles. The van der Waals surface area contributed by atoms with Gasteiger partial charge in [0.05, 0.1) is 0 Å². The van der Waals surface area contributed by atoms with Crippen molar-refractivity contribution in [2.24, 2.45) is 0 Å². The van der Waals surface area contributed by atoms with Gasteiger partial charge in [-0.3, -0.25) is 0 Å². The molecule has 0 N–H and O–H groups in total. The fourth-order valence-corrected chi connectivity index (χ4v) is 1.97. The molecule has 1 atom stereocenters. The Morgan fingerprint density at radius 3 is 2.29 bits per heavy atom. The number of hydrogen-bond donors (Lipinski definition) is 0. The molecule has 4 heteroatoms. The maximum atomic E-state index is 11.9. The Hall–Kier alpha value is -0.770. The molecule has 1 aliphatic rings. The molecule has 100 valence electrons. The molecule has 0 radical (unpaired) electrons. The third-order valence-corrected chi connectivity index (χ3v) is 3.14. The topological polar surface area (TPSA) is 32.8 Å². The summed E-state index contributed by atoms with van der Waals surface area (Å²) in [6, 6.07) is 0.338. The lowest BCUT2D eigenvalue weighted by molar-refractivity contribution is -0.0114. The summed E-state index contributed by atoms with van der Waals surface area (Å²) in [5.41, 5.74) is -0.396. The highest BCUT2D eigenvalue weighted by molar-refractivity contribution is 5.69. The van der Waals surface area contributed by atoms with Gasteiger partial charge >= 0.3 is 6.09 Å². The van der Waals surface area contributed by atoms with E-state index < -0.39 is 5.60 Å². The Morgan fingerprint density at radius 2 is 1.94 bits per heavy atom. The smallest absolute Gasteiger partial charge is 0.410 e. The van der Waals surface area contributed by atoms with Crippen LogP contribution in [-0.2, 0) is 4.74 Å². The first-order valence-corrected chi connectivity index (χ1v) is 6.59. The van der Waals surface area contributed by atoms with E-state index in [1.807, 2.05) is 25.7 Å². The molecule has 0 unspecified atom stereocenters. The van der Waals surface area contributed by atoms with Crippen LogP contribution in [0.25, 0.3) is 0 Å². The van der Waals surface area contributed by atoms with E-state index in [4.69, 9.17) is 4.74 Å². The minimum Gasteiger partial charge on any atom is -0.444 e. The van der Waals surface area contributed by atoms with Gasteiger partial charge in [0.2, 0.25) is 0 Å². The van der Waals surface area contributed by atoms with Crippen molar-refractivity contribution in [1.29, 1.82) is 0 Å². The SMILES string of the molecule is CCN(CC)C[C@H]1CCN1C(=O)OC(C)(C)C. The molecule has 1 fully saturated rings. The zero-order valence-corrected chi connectivity index (χ0v) is 11.8. The van der Waals surface area contributed by atoms with E-state index in [-0.39, 0.29) is 6.09 Å². The second-order valence-electron chi connectivity index (χ2n) is 5.60. The van der Waals surface area contributed by atoms with Crippen LogP contribution in [0.4, 0.5) is 4.79 Å². The van der Waals surface area contributed by atoms with E-state index in [2.05, 4.69) is 18.7 Å². The van der Waals surface area contributed by atoms with Gasteiger partial charge in [-0.05, 0) is 40.3 Å². The number of likely N-dealkylation sites (tertiary alicyclic amines) is 1. The summed E-state index contributed by atoms with van der Waals surface area (Å²) in [5, 5.41) is 0. The number of hydrogen-bond acceptors (Lipinski definition) is 3. The van der Waals surface area contributed by atoms with E-state index in [1.165, 1.54) is 0 Å². The maximum absolute atomic E-state index is 11.9. The summed E-state index contributed by atoms with van der Waals surface area (Å²) < 4.78 is 5.39. The largest absolute Gasteiger partial charge is 0.444 e. The summed E-state index contributed by atoms with van der Waals surface area (Å²) in [4.78, 5) is 16.1. The summed E-state index contributed by atoms with van der Waals surface area (Å²) >= 11 is 0. The second kappa shape index (κ2) is 5.71. The Balaban J connectivity index is 2.43. The molecule has 1 heterocycles. The first kappa shape index (κ1) is 14.3. The van der Waals surface area contributed by atoms with Crippen molar-refractivity contribution in [2.45, 2.75) is 52.7 Å². The van der Waals surface area contributed by atoms with Gasteiger partial charge in [-0.25, -0.2) is 4.79 Å². The number of rotatable bonds is 4. The van der Waals surface area contributed by atoms with Crippen molar-refractivity contribution < 1.29 is 9.53 Å². The van der Waals surface area contributed by atoms with Gasteiger partial charge in [-0.1, -0.05) is 13.8 Å². The maximum Gasteiger partial charge on any atom is 0.410 e. The molecule has 0 bridgehead atoms. The summed E-state index contributed by atoms with van der Waals surface area (Å²) in [5.74, 6) is 0. The minimum absolute atomic E-state index is 0.166. The van der Waals surface area contributed by atoms with Crippen LogP contribution in [0.2, 0.25) is 0 Å². The minimum atomic E-state index is -0.396. The third-order valence-electron chi connectivity index (χ3n) is 3.14. The zero-order valence-electron chi connectivity index (χ0n) is 11.8. The van der Waals surface area contributed by atoms with E-state index >= 15 is 0 Å². The molecular weight excluding hydrogens is 216 g/mol. The fourth-order valence-electron chi connectivity index (χ4n) is 1.97. The molecule has 0 aromatic carbocycles. The molecule has 17 heavy (non-hydrogen) atoms. The normalized spacial score (nSPS) is 20.4. The predicted molar refractivity (Wildman–Crippen MR) is 69.1 cm³/mol. The van der Waals surface area contributed by atoms with Gasteiger partial charge in [0.25, 0.3) is 0 Å². The highest BCUT2D eigenvalue weighted by atomic mass is 16.6. The molecule has 1 rings (SSSR count). The van der Waals surface area contributed by atoms with Gasteiger partial charge in [-0.2, -0.15) is 0 Å². The Bertz CT molecular complexity index is 257. The van der Waals surface area contributed by atoms with Crippen LogP contribution in [0.5, 0.6) is 0 Å². The number of amides is 1. The molecule has 0 aromatic rings.